The molecular formula is C18H24N2O3S. The fraction of sp³-hybridized carbons (Fsp3) is 0.611. The molecule has 1 saturated heterocycles. The summed E-state index contributed by atoms with van der Waals surface area (Å²) in [5.41, 5.74) is 0.443. The van der Waals surface area contributed by atoms with Crippen LogP contribution in [0.3, 0.4) is 0 Å². The third-order valence-electron chi connectivity index (χ3n) is 5.85. The molecule has 1 aliphatic heterocycles. The van der Waals surface area contributed by atoms with Gasteiger partial charge in [-0.3, -0.25) is 4.79 Å². The molecule has 6 heteroatoms. The van der Waals surface area contributed by atoms with Crippen molar-refractivity contribution >= 4 is 15.9 Å². The molecule has 24 heavy (non-hydrogen) atoms. The third-order valence-corrected chi connectivity index (χ3v) is 7.75. The molecule has 0 unspecified atom stereocenters. The maximum atomic E-state index is 12.7. The van der Waals surface area contributed by atoms with Crippen molar-refractivity contribution in [2.45, 2.75) is 49.5 Å². The van der Waals surface area contributed by atoms with Gasteiger partial charge in [-0.25, -0.2) is 8.42 Å². The van der Waals surface area contributed by atoms with Crippen LogP contribution >= 0.6 is 0 Å². The highest BCUT2D eigenvalue weighted by Crippen LogP contribution is 2.44. The van der Waals surface area contributed by atoms with Crippen LogP contribution in [0.4, 0.5) is 0 Å². The van der Waals surface area contributed by atoms with Gasteiger partial charge in [-0.2, -0.15) is 4.31 Å². The Bertz CT molecular complexity index is 740. The number of sulfonamides is 1. The Morgan fingerprint density at radius 3 is 2.58 bits per heavy atom. The van der Waals surface area contributed by atoms with Crippen molar-refractivity contribution in [1.82, 2.24) is 9.62 Å². The van der Waals surface area contributed by atoms with E-state index in [4.69, 9.17) is 0 Å². The van der Waals surface area contributed by atoms with Crippen LogP contribution in [0.2, 0.25) is 0 Å². The van der Waals surface area contributed by atoms with Gasteiger partial charge >= 0.3 is 0 Å². The van der Waals surface area contributed by atoms with Crippen molar-refractivity contribution in [3.05, 3.63) is 29.8 Å². The van der Waals surface area contributed by atoms with Gasteiger partial charge in [0.05, 0.1) is 4.90 Å². The molecule has 1 aromatic rings. The van der Waals surface area contributed by atoms with Gasteiger partial charge in [0.2, 0.25) is 10.0 Å². The molecule has 1 aromatic carbocycles. The number of rotatable bonds is 4. The van der Waals surface area contributed by atoms with E-state index >= 15 is 0 Å². The molecule has 3 fully saturated rings. The van der Waals surface area contributed by atoms with E-state index in [0.717, 1.165) is 25.2 Å². The van der Waals surface area contributed by atoms with Crippen LogP contribution < -0.4 is 5.32 Å². The largest absolute Gasteiger partial charge is 0.349 e. The zero-order valence-corrected chi connectivity index (χ0v) is 14.6. The van der Waals surface area contributed by atoms with E-state index in [-0.39, 0.29) is 16.8 Å². The summed E-state index contributed by atoms with van der Waals surface area (Å²) in [4.78, 5) is 12.8. The Kier molecular flexibility index (Phi) is 4.12. The van der Waals surface area contributed by atoms with E-state index in [1.807, 2.05) is 0 Å². The van der Waals surface area contributed by atoms with Gasteiger partial charge in [-0.05, 0) is 62.1 Å². The van der Waals surface area contributed by atoms with E-state index in [1.54, 1.807) is 18.2 Å². The molecule has 5 nitrogen and oxygen atoms in total. The lowest BCUT2D eigenvalue weighted by atomic mass is 9.95. The monoisotopic (exact) mass is 348 g/mol. The first-order chi connectivity index (χ1) is 11.5. The Morgan fingerprint density at radius 2 is 1.92 bits per heavy atom. The Balaban J connectivity index is 1.51. The van der Waals surface area contributed by atoms with Crippen LogP contribution in [0.15, 0.2) is 29.2 Å². The van der Waals surface area contributed by atoms with Gasteiger partial charge in [0, 0.05) is 24.7 Å². The summed E-state index contributed by atoms with van der Waals surface area (Å²) in [7, 11) is -3.48. The first-order valence-electron chi connectivity index (χ1n) is 8.95. The lowest BCUT2D eigenvalue weighted by Gasteiger charge is -2.23. The van der Waals surface area contributed by atoms with Crippen LogP contribution in [-0.2, 0) is 10.0 Å². The van der Waals surface area contributed by atoms with Crippen molar-refractivity contribution < 1.29 is 13.2 Å². The lowest BCUT2D eigenvalue weighted by Crippen LogP contribution is -2.38. The highest BCUT2D eigenvalue weighted by Gasteiger charge is 2.40. The number of hydrogen-bond acceptors (Lipinski definition) is 3. The van der Waals surface area contributed by atoms with Gasteiger partial charge < -0.3 is 5.32 Å². The molecule has 130 valence electrons. The second-order valence-electron chi connectivity index (χ2n) is 7.39. The Hall–Kier alpha value is -1.40. The van der Waals surface area contributed by atoms with Gasteiger partial charge in [0.1, 0.15) is 0 Å². The van der Waals surface area contributed by atoms with Crippen LogP contribution in [-0.4, -0.2) is 37.8 Å². The summed E-state index contributed by atoms with van der Waals surface area (Å²) in [6.45, 7) is 1.15. The molecule has 1 amide bonds. The molecule has 0 spiro atoms. The fourth-order valence-corrected chi connectivity index (χ4v) is 6.11. The van der Waals surface area contributed by atoms with E-state index in [0.29, 0.717) is 24.6 Å². The Labute approximate surface area is 143 Å². The van der Waals surface area contributed by atoms with Gasteiger partial charge in [0.25, 0.3) is 5.91 Å². The van der Waals surface area contributed by atoms with Crippen molar-refractivity contribution in [1.29, 1.82) is 0 Å². The maximum Gasteiger partial charge on any atom is 0.251 e. The molecular weight excluding hydrogens is 324 g/mol. The quantitative estimate of drug-likeness (QED) is 0.908. The molecule has 1 heterocycles. The van der Waals surface area contributed by atoms with E-state index in [1.165, 1.54) is 29.6 Å². The number of benzene rings is 1. The summed E-state index contributed by atoms with van der Waals surface area (Å²) in [6, 6.07) is 6.73. The molecule has 2 bridgehead atoms. The van der Waals surface area contributed by atoms with Crippen LogP contribution in [0, 0.1) is 11.8 Å². The van der Waals surface area contributed by atoms with E-state index < -0.39 is 10.0 Å². The minimum atomic E-state index is -3.48. The number of nitrogens with zero attached hydrogens (tertiary/aromatic N) is 1. The SMILES string of the molecule is O=C(N[C@H]1C[C@H]2CC[C@H]1C2)c1cccc(S(=O)(=O)N2CCCC2)c1. The summed E-state index contributed by atoms with van der Waals surface area (Å²) < 4.78 is 26.8. The first kappa shape index (κ1) is 16.1. The summed E-state index contributed by atoms with van der Waals surface area (Å²) in [5, 5.41) is 3.13. The second kappa shape index (κ2) is 6.15. The molecule has 0 aromatic heterocycles. The Morgan fingerprint density at radius 1 is 1.12 bits per heavy atom. The molecule has 3 aliphatic rings. The fourth-order valence-electron chi connectivity index (χ4n) is 4.55. The predicted molar refractivity (Wildman–Crippen MR) is 91.1 cm³/mol. The summed E-state index contributed by atoms with van der Waals surface area (Å²) in [6.07, 6.45) is 6.61. The van der Waals surface area contributed by atoms with Crippen molar-refractivity contribution in [2.24, 2.45) is 11.8 Å². The first-order valence-corrected chi connectivity index (χ1v) is 10.4. The van der Waals surface area contributed by atoms with E-state index in [2.05, 4.69) is 5.32 Å². The summed E-state index contributed by atoms with van der Waals surface area (Å²) >= 11 is 0. The third kappa shape index (κ3) is 2.86. The van der Waals surface area contributed by atoms with Crippen molar-refractivity contribution in [3.63, 3.8) is 0 Å². The maximum absolute atomic E-state index is 12.7. The minimum Gasteiger partial charge on any atom is -0.349 e. The number of amides is 1. The predicted octanol–water partition coefficient (Wildman–Crippen LogP) is 2.39. The number of carbonyl (C=O) groups excluding carboxylic acids is 1. The smallest absolute Gasteiger partial charge is 0.251 e. The number of nitrogens with one attached hydrogen (secondary N) is 1. The number of fused-ring (bicyclic) bond motifs is 2. The summed E-state index contributed by atoms with van der Waals surface area (Å²) in [5.74, 6) is 1.23. The van der Waals surface area contributed by atoms with Crippen molar-refractivity contribution in [3.8, 4) is 0 Å². The van der Waals surface area contributed by atoms with Crippen LogP contribution in [0.1, 0.15) is 48.9 Å². The highest BCUT2D eigenvalue weighted by atomic mass is 32.2. The van der Waals surface area contributed by atoms with Crippen LogP contribution in [0.5, 0.6) is 0 Å². The number of carbonyl (C=O) groups is 1. The van der Waals surface area contributed by atoms with Crippen molar-refractivity contribution in [2.75, 3.05) is 13.1 Å². The van der Waals surface area contributed by atoms with Gasteiger partial charge in [-0.15, -0.1) is 0 Å². The highest BCUT2D eigenvalue weighted by molar-refractivity contribution is 7.89. The molecule has 2 aliphatic carbocycles. The minimum absolute atomic E-state index is 0.147. The second-order valence-corrected chi connectivity index (χ2v) is 9.33. The van der Waals surface area contributed by atoms with Crippen LogP contribution in [0.25, 0.3) is 0 Å². The standard InChI is InChI=1S/C18H24N2O3S/c21-18(19-17-11-13-6-7-14(17)10-13)15-4-3-5-16(12-15)24(22,23)20-8-1-2-9-20/h3-5,12-14,17H,1-2,6-11H2,(H,19,21)/t13-,14-,17-/m0/s1. The molecule has 0 radical (unpaired) electrons. The van der Waals surface area contributed by atoms with Gasteiger partial charge in [0.15, 0.2) is 0 Å². The van der Waals surface area contributed by atoms with E-state index in [9.17, 15) is 13.2 Å². The lowest BCUT2D eigenvalue weighted by molar-refractivity contribution is 0.0922. The topological polar surface area (TPSA) is 66.5 Å². The molecule has 2 saturated carbocycles. The molecule has 3 atom stereocenters. The molecule has 1 N–H and O–H groups in total. The average Bonchev–Trinajstić information content (AvgIpc) is 3.32. The number of hydrogen-bond donors (Lipinski definition) is 1. The zero-order chi connectivity index (χ0) is 16.7. The average molecular weight is 348 g/mol. The van der Waals surface area contributed by atoms with Gasteiger partial charge in [-0.1, -0.05) is 12.5 Å². The zero-order valence-electron chi connectivity index (χ0n) is 13.8. The molecule has 4 rings (SSSR count). The normalized spacial score (nSPS) is 29.9.